The first kappa shape index (κ1) is 19.2. The normalized spacial score (nSPS) is 14.2. The first-order valence-electron chi connectivity index (χ1n) is 9.22. The van der Waals surface area contributed by atoms with E-state index in [-0.39, 0.29) is 5.91 Å². The fraction of sp³-hybridized carbons (Fsp3) is 0.579. The highest BCUT2D eigenvalue weighted by Crippen LogP contribution is 2.28. The van der Waals surface area contributed by atoms with E-state index >= 15 is 0 Å². The molecule has 0 spiro atoms. The van der Waals surface area contributed by atoms with E-state index in [1.807, 2.05) is 25.1 Å². The van der Waals surface area contributed by atoms with E-state index < -0.39 is 0 Å². The third-order valence-electron chi connectivity index (χ3n) is 3.85. The summed E-state index contributed by atoms with van der Waals surface area (Å²) in [6.45, 7) is 6.42. The van der Waals surface area contributed by atoms with Gasteiger partial charge in [-0.1, -0.05) is 18.2 Å². The van der Waals surface area contributed by atoms with Gasteiger partial charge in [0.2, 0.25) is 0 Å². The molecule has 25 heavy (non-hydrogen) atoms. The van der Waals surface area contributed by atoms with Crippen molar-refractivity contribution in [2.24, 2.45) is 10.9 Å². The number of carbonyl (C=O) groups excluding carboxylic acids is 1. The van der Waals surface area contributed by atoms with Gasteiger partial charge in [0.1, 0.15) is 0 Å². The molecule has 138 valence electrons. The van der Waals surface area contributed by atoms with E-state index in [2.05, 4.69) is 20.9 Å². The summed E-state index contributed by atoms with van der Waals surface area (Å²) in [6, 6.07) is 9.22. The molecule has 1 aromatic carbocycles. The van der Waals surface area contributed by atoms with Crippen LogP contribution in [0.2, 0.25) is 0 Å². The van der Waals surface area contributed by atoms with Crippen molar-refractivity contribution in [2.45, 2.75) is 26.2 Å². The van der Waals surface area contributed by atoms with E-state index in [9.17, 15) is 4.79 Å². The fourth-order valence-corrected chi connectivity index (χ4v) is 2.28. The molecule has 1 fully saturated rings. The van der Waals surface area contributed by atoms with Crippen LogP contribution in [0.15, 0.2) is 35.3 Å². The Morgan fingerprint density at radius 3 is 2.64 bits per heavy atom. The number of nitrogens with one attached hydrogen (secondary N) is 3. The van der Waals surface area contributed by atoms with Gasteiger partial charge in [-0.15, -0.1) is 0 Å². The summed E-state index contributed by atoms with van der Waals surface area (Å²) in [7, 11) is 0. The Balaban J connectivity index is 1.57. The maximum absolute atomic E-state index is 11.9. The molecule has 0 radical (unpaired) electrons. The molecule has 0 heterocycles. The largest absolute Gasteiger partial charge is 0.381 e. The van der Waals surface area contributed by atoms with Gasteiger partial charge in [0.25, 0.3) is 5.91 Å². The fourth-order valence-electron chi connectivity index (χ4n) is 2.28. The summed E-state index contributed by atoms with van der Waals surface area (Å²) in [6.07, 6.45) is 3.58. The molecule has 0 aliphatic heterocycles. The van der Waals surface area contributed by atoms with Crippen LogP contribution in [0.4, 0.5) is 0 Å². The van der Waals surface area contributed by atoms with E-state index in [0.717, 1.165) is 44.6 Å². The van der Waals surface area contributed by atoms with Crippen LogP contribution in [0.3, 0.4) is 0 Å². The lowest BCUT2D eigenvalue weighted by molar-refractivity contribution is 0.0954. The number of ether oxygens (including phenoxy) is 1. The molecule has 3 N–H and O–H groups in total. The van der Waals surface area contributed by atoms with Crippen molar-refractivity contribution in [3.8, 4) is 0 Å². The maximum atomic E-state index is 11.9. The van der Waals surface area contributed by atoms with Crippen molar-refractivity contribution in [2.75, 3.05) is 39.4 Å². The SMILES string of the molecule is CCNC(=NCCCOCC1CC1)NCCNC(=O)c1ccccc1. The van der Waals surface area contributed by atoms with Crippen molar-refractivity contribution >= 4 is 11.9 Å². The smallest absolute Gasteiger partial charge is 0.251 e. The quantitative estimate of drug-likeness (QED) is 0.324. The van der Waals surface area contributed by atoms with E-state index in [4.69, 9.17) is 4.74 Å². The van der Waals surface area contributed by atoms with Gasteiger partial charge >= 0.3 is 0 Å². The van der Waals surface area contributed by atoms with Gasteiger partial charge in [0.05, 0.1) is 0 Å². The first-order chi connectivity index (χ1) is 12.3. The van der Waals surface area contributed by atoms with Gasteiger partial charge in [0, 0.05) is 45.0 Å². The van der Waals surface area contributed by atoms with Gasteiger partial charge in [-0.05, 0) is 44.2 Å². The second-order valence-corrected chi connectivity index (χ2v) is 6.18. The van der Waals surface area contributed by atoms with Crippen molar-refractivity contribution in [3.05, 3.63) is 35.9 Å². The number of hydrogen-bond donors (Lipinski definition) is 3. The van der Waals surface area contributed by atoms with E-state index in [1.54, 1.807) is 12.1 Å². The zero-order valence-corrected chi connectivity index (χ0v) is 15.1. The van der Waals surface area contributed by atoms with Crippen molar-refractivity contribution in [1.29, 1.82) is 0 Å². The predicted molar refractivity (Wildman–Crippen MR) is 101 cm³/mol. The molecule has 1 saturated carbocycles. The van der Waals surface area contributed by atoms with Crippen LogP contribution in [0.25, 0.3) is 0 Å². The predicted octanol–water partition coefficient (Wildman–Crippen LogP) is 1.79. The van der Waals surface area contributed by atoms with Crippen LogP contribution in [0.5, 0.6) is 0 Å². The monoisotopic (exact) mass is 346 g/mol. The van der Waals surface area contributed by atoms with Gasteiger partial charge in [-0.25, -0.2) is 0 Å². The van der Waals surface area contributed by atoms with Gasteiger partial charge < -0.3 is 20.7 Å². The molecule has 0 bridgehead atoms. The summed E-state index contributed by atoms with van der Waals surface area (Å²) >= 11 is 0. The molecule has 1 amide bonds. The van der Waals surface area contributed by atoms with Crippen molar-refractivity contribution in [1.82, 2.24) is 16.0 Å². The Labute approximate surface area is 150 Å². The zero-order chi connectivity index (χ0) is 17.7. The Hall–Kier alpha value is -2.08. The molecular formula is C19H30N4O2. The van der Waals surface area contributed by atoms with Gasteiger partial charge in [0.15, 0.2) is 5.96 Å². The summed E-state index contributed by atoms with van der Waals surface area (Å²) < 4.78 is 5.61. The van der Waals surface area contributed by atoms with Crippen molar-refractivity contribution in [3.63, 3.8) is 0 Å². The molecule has 6 nitrogen and oxygen atoms in total. The Bertz CT molecular complexity index is 529. The number of benzene rings is 1. The number of aliphatic imine (C=N–C) groups is 1. The van der Waals surface area contributed by atoms with Crippen LogP contribution in [0.1, 0.15) is 36.5 Å². The molecule has 1 aliphatic rings. The lowest BCUT2D eigenvalue weighted by Crippen LogP contribution is -2.41. The third-order valence-corrected chi connectivity index (χ3v) is 3.85. The number of rotatable bonds is 11. The third kappa shape index (κ3) is 8.54. The molecule has 0 aromatic heterocycles. The molecule has 6 heteroatoms. The molecule has 1 aliphatic carbocycles. The van der Waals surface area contributed by atoms with Crippen LogP contribution in [-0.2, 0) is 4.74 Å². The summed E-state index contributed by atoms with van der Waals surface area (Å²) in [5.41, 5.74) is 0.675. The van der Waals surface area contributed by atoms with Crippen molar-refractivity contribution < 1.29 is 9.53 Å². The highest BCUT2D eigenvalue weighted by molar-refractivity contribution is 5.94. The lowest BCUT2D eigenvalue weighted by atomic mass is 10.2. The highest BCUT2D eigenvalue weighted by Gasteiger charge is 2.20. The Kier molecular flexibility index (Phi) is 8.83. The number of guanidine groups is 1. The van der Waals surface area contributed by atoms with E-state index in [1.165, 1.54) is 12.8 Å². The van der Waals surface area contributed by atoms with Gasteiger partial charge in [-0.3, -0.25) is 9.79 Å². The average Bonchev–Trinajstić information content (AvgIpc) is 3.46. The lowest BCUT2D eigenvalue weighted by Gasteiger charge is -2.12. The summed E-state index contributed by atoms with van der Waals surface area (Å²) in [5.74, 6) is 1.53. The molecule has 1 aromatic rings. The molecule has 0 atom stereocenters. The Morgan fingerprint density at radius 1 is 1.16 bits per heavy atom. The topological polar surface area (TPSA) is 74.8 Å². The first-order valence-corrected chi connectivity index (χ1v) is 9.22. The van der Waals surface area contributed by atoms with E-state index in [0.29, 0.717) is 18.7 Å². The summed E-state index contributed by atoms with van der Waals surface area (Å²) in [5, 5.41) is 9.33. The van der Waals surface area contributed by atoms with Crippen LogP contribution in [-0.4, -0.2) is 51.3 Å². The number of nitrogens with zero attached hydrogens (tertiary/aromatic N) is 1. The molecule has 2 rings (SSSR count). The highest BCUT2D eigenvalue weighted by atomic mass is 16.5. The Morgan fingerprint density at radius 2 is 1.92 bits per heavy atom. The minimum atomic E-state index is -0.0582. The molecular weight excluding hydrogens is 316 g/mol. The van der Waals surface area contributed by atoms with Crippen LogP contribution in [0, 0.1) is 5.92 Å². The number of carbonyl (C=O) groups is 1. The number of hydrogen-bond acceptors (Lipinski definition) is 3. The number of amides is 1. The molecule has 0 unspecified atom stereocenters. The molecule has 0 saturated heterocycles. The average molecular weight is 346 g/mol. The van der Waals surface area contributed by atoms with Crippen LogP contribution < -0.4 is 16.0 Å². The second-order valence-electron chi connectivity index (χ2n) is 6.18. The standard InChI is InChI=1S/C19H30N4O2/c1-2-20-19(22-11-6-14-25-15-16-9-10-16)23-13-12-21-18(24)17-7-4-3-5-8-17/h3-5,7-8,16H,2,6,9-15H2,1H3,(H,21,24)(H2,20,22,23). The van der Waals surface area contributed by atoms with Gasteiger partial charge in [-0.2, -0.15) is 0 Å². The van der Waals surface area contributed by atoms with Crippen LogP contribution >= 0.6 is 0 Å². The minimum Gasteiger partial charge on any atom is -0.381 e. The zero-order valence-electron chi connectivity index (χ0n) is 15.1. The summed E-state index contributed by atoms with van der Waals surface area (Å²) in [4.78, 5) is 16.5. The minimum absolute atomic E-state index is 0.0582. The maximum Gasteiger partial charge on any atom is 0.251 e. The second kappa shape index (κ2) is 11.5.